The van der Waals surface area contributed by atoms with Gasteiger partial charge in [0.1, 0.15) is 18.7 Å². The summed E-state index contributed by atoms with van der Waals surface area (Å²) in [6.45, 7) is 7.19. The Bertz CT molecular complexity index is 708. The first kappa shape index (κ1) is 24.7. The van der Waals surface area contributed by atoms with E-state index < -0.39 is 18.2 Å². The molecule has 7 heteroatoms. The monoisotopic (exact) mass is 431 g/mol. The third-order valence-electron chi connectivity index (χ3n) is 5.59. The number of nitrogens with zero attached hydrogens (tertiary/aromatic N) is 1. The Morgan fingerprint density at radius 1 is 1.13 bits per heavy atom. The zero-order chi connectivity index (χ0) is 22.6. The molecule has 1 aromatic rings. The van der Waals surface area contributed by atoms with Crippen molar-refractivity contribution in [2.45, 2.75) is 78.0 Å². The molecule has 7 nitrogen and oxygen atoms in total. The zero-order valence-corrected chi connectivity index (χ0v) is 19.1. The van der Waals surface area contributed by atoms with E-state index in [4.69, 9.17) is 4.74 Å². The van der Waals surface area contributed by atoms with E-state index in [1.807, 2.05) is 44.2 Å². The lowest BCUT2D eigenvalue weighted by Gasteiger charge is -2.30. The van der Waals surface area contributed by atoms with E-state index >= 15 is 0 Å². The van der Waals surface area contributed by atoms with Gasteiger partial charge in [0.15, 0.2) is 0 Å². The number of carbonyl (C=O) groups is 3. The molecule has 0 aliphatic carbocycles. The Morgan fingerprint density at radius 2 is 1.87 bits per heavy atom. The number of hydrogen-bond donors (Lipinski definition) is 2. The molecule has 1 aromatic carbocycles. The van der Waals surface area contributed by atoms with Gasteiger partial charge >= 0.3 is 6.09 Å². The summed E-state index contributed by atoms with van der Waals surface area (Å²) in [7, 11) is 0. The van der Waals surface area contributed by atoms with Gasteiger partial charge in [-0.3, -0.25) is 9.59 Å². The van der Waals surface area contributed by atoms with Crippen molar-refractivity contribution in [2.24, 2.45) is 5.92 Å². The van der Waals surface area contributed by atoms with Crippen molar-refractivity contribution in [3.8, 4) is 0 Å². The fourth-order valence-electron chi connectivity index (χ4n) is 3.77. The van der Waals surface area contributed by atoms with Gasteiger partial charge in [-0.25, -0.2) is 4.79 Å². The Hall–Kier alpha value is -2.57. The van der Waals surface area contributed by atoms with Crippen molar-refractivity contribution < 1.29 is 19.1 Å². The molecule has 31 heavy (non-hydrogen) atoms. The number of benzene rings is 1. The second-order valence-corrected chi connectivity index (χ2v) is 8.47. The van der Waals surface area contributed by atoms with E-state index in [0.717, 1.165) is 37.7 Å². The van der Waals surface area contributed by atoms with Crippen LogP contribution in [0.2, 0.25) is 0 Å². The minimum Gasteiger partial charge on any atom is -0.445 e. The molecule has 0 spiro atoms. The average molecular weight is 432 g/mol. The summed E-state index contributed by atoms with van der Waals surface area (Å²) in [5.41, 5.74) is 0.875. The van der Waals surface area contributed by atoms with Gasteiger partial charge in [-0.05, 0) is 30.7 Å². The lowest BCUT2D eigenvalue weighted by molar-refractivity contribution is -0.140. The summed E-state index contributed by atoms with van der Waals surface area (Å²) < 4.78 is 5.28. The summed E-state index contributed by atoms with van der Waals surface area (Å²) in [5, 5.41) is 5.68. The number of ether oxygens (including phenoxy) is 1. The van der Waals surface area contributed by atoms with Crippen LogP contribution in [0, 0.1) is 5.92 Å². The molecule has 0 radical (unpaired) electrons. The number of amides is 3. The fraction of sp³-hybridized carbons (Fsp3) is 0.625. The van der Waals surface area contributed by atoms with E-state index in [0.29, 0.717) is 19.5 Å². The van der Waals surface area contributed by atoms with E-state index in [1.54, 1.807) is 4.90 Å². The van der Waals surface area contributed by atoms with Crippen molar-refractivity contribution in [1.29, 1.82) is 0 Å². The maximum atomic E-state index is 13.2. The Kier molecular flexibility index (Phi) is 10.3. The Balaban J connectivity index is 1.89. The predicted molar refractivity (Wildman–Crippen MR) is 120 cm³/mol. The number of nitrogens with one attached hydrogen (secondary N) is 2. The molecule has 0 unspecified atom stereocenters. The van der Waals surface area contributed by atoms with E-state index in [-0.39, 0.29) is 24.3 Å². The highest BCUT2D eigenvalue weighted by atomic mass is 16.5. The highest BCUT2D eigenvalue weighted by Crippen LogP contribution is 2.20. The summed E-state index contributed by atoms with van der Waals surface area (Å²) in [5.74, 6) is -0.457. The Morgan fingerprint density at radius 3 is 2.55 bits per heavy atom. The SMILES string of the molecule is CCCCCCNC(=O)[C@@H]1CCCN1C(=O)[C@@H](NC(=O)OCc1ccccc1)C(C)C. The second-order valence-electron chi connectivity index (χ2n) is 8.47. The second kappa shape index (κ2) is 13.0. The van der Waals surface area contributed by atoms with Crippen molar-refractivity contribution in [1.82, 2.24) is 15.5 Å². The molecule has 2 atom stereocenters. The van der Waals surface area contributed by atoms with Gasteiger partial charge < -0.3 is 20.3 Å². The predicted octanol–water partition coefficient (Wildman–Crippen LogP) is 3.62. The van der Waals surface area contributed by atoms with Gasteiger partial charge in [0, 0.05) is 13.1 Å². The standard InChI is InChI=1S/C24H37N3O4/c1-4-5-6-10-15-25-22(28)20-14-11-16-27(20)23(29)21(18(2)3)26-24(30)31-17-19-12-8-7-9-13-19/h7-9,12-13,18,20-21H,4-6,10-11,14-17H2,1-3H3,(H,25,28)(H,26,30)/t20-,21-/m0/s1. The van der Waals surface area contributed by atoms with Crippen LogP contribution in [-0.2, 0) is 20.9 Å². The van der Waals surface area contributed by atoms with Gasteiger partial charge in [0.2, 0.25) is 11.8 Å². The molecule has 1 aliphatic rings. The molecule has 3 amide bonds. The maximum absolute atomic E-state index is 13.2. The molecule has 1 aliphatic heterocycles. The van der Waals surface area contributed by atoms with Crippen LogP contribution >= 0.6 is 0 Å². The molecule has 0 bridgehead atoms. The minimum absolute atomic E-state index is 0.100. The van der Waals surface area contributed by atoms with Gasteiger partial charge in [0.05, 0.1) is 0 Å². The summed E-state index contributed by atoms with van der Waals surface area (Å²) in [6, 6.07) is 8.18. The first-order valence-corrected chi connectivity index (χ1v) is 11.5. The molecule has 1 saturated heterocycles. The third-order valence-corrected chi connectivity index (χ3v) is 5.59. The quantitative estimate of drug-likeness (QED) is 0.524. The zero-order valence-electron chi connectivity index (χ0n) is 19.1. The van der Waals surface area contributed by atoms with Gasteiger partial charge in [-0.15, -0.1) is 0 Å². The number of alkyl carbamates (subject to hydrolysis) is 1. The van der Waals surface area contributed by atoms with Crippen LogP contribution in [0.1, 0.15) is 64.9 Å². The number of rotatable bonds is 11. The molecule has 1 fully saturated rings. The molecule has 2 N–H and O–H groups in total. The van der Waals surface area contributed by atoms with Gasteiger partial charge in [0.25, 0.3) is 0 Å². The first-order chi connectivity index (χ1) is 14.9. The van der Waals surface area contributed by atoms with Crippen LogP contribution in [0.4, 0.5) is 4.79 Å². The third kappa shape index (κ3) is 7.89. The number of unbranched alkanes of at least 4 members (excludes halogenated alkanes) is 3. The lowest BCUT2D eigenvalue weighted by atomic mass is 10.0. The van der Waals surface area contributed by atoms with Crippen molar-refractivity contribution in [3.05, 3.63) is 35.9 Å². The van der Waals surface area contributed by atoms with Crippen LogP contribution < -0.4 is 10.6 Å². The van der Waals surface area contributed by atoms with Crippen LogP contribution in [0.3, 0.4) is 0 Å². The molecule has 0 saturated carbocycles. The maximum Gasteiger partial charge on any atom is 0.408 e. The van der Waals surface area contributed by atoms with Crippen LogP contribution in [0.15, 0.2) is 30.3 Å². The number of carbonyl (C=O) groups excluding carboxylic acids is 3. The van der Waals surface area contributed by atoms with Crippen molar-refractivity contribution >= 4 is 17.9 Å². The average Bonchev–Trinajstić information content (AvgIpc) is 3.26. The smallest absolute Gasteiger partial charge is 0.408 e. The largest absolute Gasteiger partial charge is 0.445 e. The molecular formula is C24H37N3O4. The van der Waals surface area contributed by atoms with Crippen molar-refractivity contribution in [2.75, 3.05) is 13.1 Å². The van der Waals surface area contributed by atoms with Gasteiger partial charge in [-0.1, -0.05) is 70.4 Å². The molecule has 0 aromatic heterocycles. The molecule has 172 valence electrons. The van der Waals surface area contributed by atoms with E-state index in [9.17, 15) is 14.4 Å². The fourth-order valence-corrected chi connectivity index (χ4v) is 3.77. The highest BCUT2D eigenvalue weighted by molar-refractivity contribution is 5.92. The van der Waals surface area contributed by atoms with Crippen LogP contribution in [0.25, 0.3) is 0 Å². The lowest BCUT2D eigenvalue weighted by Crippen LogP contribution is -2.55. The van der Waals surface area contributed by atoms with Crippen LogP contribution in [0.5, 0.6) is 0 Å². The van der Waals surface area contributed by atoms with Crippen LogP contribution in [-0.4, -0.2) is 48.0 Å². The summed E-state index contributed by atoms with van der Waals surface area (Å²) in [4.78, 5) is 39.8. The number of hydrogen-bond acceptors (Lipinski definition) is 4. The summed E-state index contributed by atoms with van der Waals surface area (Å²) >= 11 is 0. The van der Waals surface area contributed by atoms with E-state index in [1.165, 1.54) is 0 Å². The summed E-state index contributed by atoms with van der Waals surface area (Å²) in [6.07, 6.45) is 5.14. The topological polar surface area (TPSA) is 87.7 Å². The van der Waals surface area contributed by atoms with Gasteiger partial charge in [-0.2, -0.15) is 0 Å². The highest BCUT2D eigenvalue weighted by Gasteiger charge is 2.38. The Labute approximate surface area is 185 Å². The minimum atomic E-state index is -0.735. The molecule has 1 heterocycles. The van der Waals surface area contributed by atoms with E-state index in [2.05, 4.69) is 17.6 Å². The molecular weight excluding hydrogens is 394 g/mol. The van der Waals surface area contributed by atoms with Crippen molar-refractivity contribution in [3.63, 3.8) is 0 Å². The normalized spacial score (nSPS) is 16.8. The number of likely N-dealkylation sites (tertiary alicyclic amines) is 1. The molecule has 2 rings (SSSR count). The first-order valence-electron chi connectivity index (χ1n) is 11.5.